The highest BCUT2D eigenvalue weighted by atomic mass is 16.5. The minimum Gasteiger partial charge on any atom is -0.507 e. The summed E-state index contributed by atoms with van der Waals surface area (Å²) in [4.78, 5) is 23.5. The Labute approximate surface area is 171 Å². The Morgan fingerprint density at radius 3 is 2.70 bits per heavy atom. The smallest absolute Gasteiger partial charge is 0.336 e. The SMILES string of the molecule is Cc1cc(=O)oc2cc(OCC(=O)N/N=C/c3cc4ccccc4cc3O)ccc12. The van der Waals surface area contributed by atoms with Gasteiger partial charge < -0.3 is 14.3 Å². The third-order valence-corrected chi connectivity index (χ3v) is 4.58. The topological polar surface area (TPSA) is 101 Å². The average molecular weight is 402 g/mol. The number of aryl methyl sites for hydroxylation is 1. The van der Waals surface area contributed by atoms with E-state index < -0.39 is 11.5 Å². The summed E-state index contributed by atoms with van der Waals surface area (Å²) in [6, 6.07) is 17.5. The fourth-order valence-corrected chi connectivity index (χ4v) is 3.10. The molecule has 7 nitrogen and oxygen atoms in total. The van der Waals surface area contributed by atoms with Crippen LogP contribution in [0.15, 0.2) is 75.0 Å². The van der Waals surface area contributed by atoms with Crippen molar-refractivity contribution in [1.82, 2.24) is 5.43 Å². The van der Waals surface area contributed by atoms with Crippen LogP contribution in [0.3, 0.4) is 0 Å². The van der Waals surface area contributed by atoms with Gasteiger partial charge in [0, 0.05) is 23.1 Å². The summed E-state index contributed by atoms with van der Waals surface area (Å²) < 4.78 is 10.6. The van der Waals surface area contributed by atoms with Gasteiger partial charge in [-0.15, -0.1) is 0 Å². The lowest BCUT2D eigenvalue weighted by Gasteiger charge is -2.07. The second kappa shape index (κ2) is 8.08. The van der Waals surface area contributed by atoms with Gasteiger partial charge in [0.05, 0.1) is 6.21 Å². The number of nitrogens with zero attached hydrogens (tertiary/aromatic N) is 1. The van der Waals surface area contributed by atoms with Crippen LogP contribution in [0.2, 0.25) is 0 Å². The van der Waals surface area contributed by atoms with Crippen molar-refractivity contribution in [3.63, 3.8) is 0 Å². The number of carbonyl (C=O) groups is 1. The Bertz CT molecular complexity index is 1340. The van der Waals surface area contributed by atoms with Crippen molar-refractivity contribution in [1.29, 1.82) is 0 Å². The summed E-state index contributed by atoms with van der Waals surface area (Å²) in [7, 11) is 0. The quantitative estimate of drug-likeness (QED) is 0.302. The summed E-state index contributed by atoms with van der Waals surface area (Å²) in [6.45, 7) is 1.54. The van der Waals surface area contributed by atoms with E-state index in [0.29, 0.717) is 16.9 Å². The summed E-state index contributed by atoms with van der Waals surface area (Å²) in [6.07, 6.45) is 1.37. The number of amides is 1. The first-order valence-corrected chi connectivity index (χ1v) is 9.20. The maximum absolute atomic E-state index is 12.0. The normalized spacial score (nSPS) is 11.2. The van der Waals surface area contributed by atoms with Crippen molar-refractivity contribution < 1.29 is 19.1 Å². The van der Waals surface area contributed by atoms with Crippen molar-refractivity contribution in [2.45, 2.75) is 6.92 Å². The van der Waals surface area contributed by atoms with E-state index in [1.54, 1.807) is 30.3 Å². The second-order valence-electron chi connectivity index (χ2n) is 6.75. The highest BCUT2D eigenvalue weighted by Crippen LogP contribution is 2.24. The van der Waals surface area contributed by atoms with Gasteiger partial charge in [0.15, 0.2) is 6.61 Å². The van der Waals surface area contributed by atoms with E-state index in [9.17, 15) is 14.7 Å². The molecule has 0 fully saturated rings. The Kier molecular flexibility index (Phi) is 5.17. The molecular weight excluding hydrogens is 384 g/mol. The molecule has 150 valence electrons. The molecule has 0 aliphatic heterocycles. The minimum atomic E-state index is -0.475. The van der Waals surface area contributed by atoms with Crippen molar-refractivity contribution in [2.24, 2.45) is 5.10 Å². The summed E-state index contributed by atoms with van der Waals surface area (Å²) in [5.74, 6) is -0.0178. The van der Waals surface area contributed by atoms with Gasteiger partial charge in [-0.25, -0.2) is 10.2 Å². The van der Waals surface area contributed by atoms with Gasteiger partial charge in [-0.2, -0.15) is 5.10 Å². The maximum atomic E-state index is 12.0. The molecule has 0 saturated carbocycles. The van der Waals surface area contributed by atoms with E-state index in [2.05, 4.69) is 10.5 Å². The number of fused-ring (bicyclic) bond motifs is 2. The van der Waals surface area contributed by atoms with Crippen LogP contribution >= 0.6 is 0 Å². The van der Waals surface area contributed by atoms with Gasteiger partial charge in [0.25, 0.3) is 5.91 Å². The van der Waals surface area contributed by atoms with Crippen molar-refractivity contribution in [2.75, 3.05) is 6.61 Å². The summed E-state index contributed by atoms with van der Waals surface area (Å²) in [5.41, 5.74) is 3.59. The monoisotopic (exact) mass is 402 g/mol. The highest BCUT2D eigenvalue weighted by molar-refractivity contribution is 5.94. The number of phenols is 1. The van der Waals surface area contributed by atoms with Gasteiger partial charge >= 0.3 is 5.63 Å². The number of rotatable bonds is 5. The maximum Gasteiger partial charge on any atom is 0.336 e. The molecule has 2 N–H and O–H groups in total. The molecule has 0 radical (unpaired) electrons. The molecule has 0 atom stereocenters. The first-order chi connectivity index (χ1) is 14.5. The van der Waals surface area contributed by atoms with Crippen molar-refractivity contribution in [3.05, 3.63) is 82.2 Å². The van der Waals surface area contributed by atoms with Crippen LogP contribution in [0.5, 0.6) is 11.5 Å². The van der Waals surface area contributed by atoms with Crippen LogP contribution in [0, 0.1) is 6.92 Å². The minimum absolute atomic E-state index is 0.0656. The number of phenolic OH excluding ortho intramolecular Hbond substituents is 1. The summed E-state index contributed by atoms with van der Waals surface area (Å²) in [5, 5.41) is 16.6. The zero-order chi connectivity index (χ0) is 21.1. The fraction of sp³-hybridized carbons (Fsp3) is 0.0870. The van der Waals surface area contributed by atoms with Crippen LogP contribution in [0.1, 0.15) is 11.1 Å². The van der Waals surface area contributed by atoms with E-state index in [1.807, 2.05) is 31.2 Å². The average Bonchev–Trinajstić information content (AvgIpc) is 2.72. The molecule has 0 saturated heterocycles. The van der Waals surface area contributed by atoms with E-state index in [1.165, 1.54) is 12.3 Å². The number of aromatic hydroxyl groups is 1. The van der Waals surface area contributed by atoms with Crippen molar-refractivity contribution in [3.8, 4) is 11.5 Å². The Balaban J connectivity index is 1.39. The van der Waals surface area contributed by atoms with Gasteiger partial charge in [0.1, 0.15) is 17.1 Å². The van der Waals surface area contributed by atoms with Gasteiger partial charge in [0.2, 0.25) is 0 Å². The predicted molar refractivity (Wildman–Crippen MR) is 114 cm³/mol. The molecule has 7 heteroatoms. The first kappa shape index (κ1) is 19.2. The number of hydrazone groups is 1. The van der Waals surface area contributed by atoms with E-state index >= 15 is 0 Å². The predicted octanol–water partition coefficient (Wildman–Crippen LogP) is 3.49. The number of hydrogen-bond acceptors (Lipinski definition) is 6. The van der Waals surface area contributed by atoms with Gasteiger partial charge in [-0.3, -0.25) is 4.79 Å². The van der Waals surface area contributed by atoms with E-state index in [-0.39, 0.29) is 12.4 Å². The lowest BCUT2D eigenvalue weighted by atomic mass is 10.1. The number of benzene rings is 3. The number of ether oxygens (including phenoxy) is 1. The third-order valence-electron chi connectivity index (χ3n) is 4.58. The molecule has 0 bridgehead atoms. The van der Waals surface area contributed by atoms with Crippen LogP contribution in [0.25, 0.3) is 21.7 Å². The molecular formula is C23H18N2O5. The Morgan fingerprint density at radius 2 is 1.90 bits per heavy atom. The second-order valence-corrected chi connectivity index (χ2v) is 6.75. The highest BCUT2D eigenvalue weighted by Gasteiger charge is 2.07. The van der Waals surface area contributed by atoms with Crippen molar-refractivity contribution >= 4 is 33.9 Å². The molecule has 1 aromatic heterocycles. The van der Waals surface area contributed by atoms with Crippen LogP contribution in [-0.2, 0) is 4.79 Å². The Hall–Kier alpha value is -4.13. The van der Waals surface area contributed by atoms with Crippen LogP contribution in [0.4, 0.5) is 0 Å². The van der Waals surface area contributed by atoms with Crippen LogP contribution in [-0.4, -0.2) is 23.8 Å². The largest absolute Gasteiger partial charge is 0.507 e. The summed E-state index contributed by atoms with van der Waals surface area (Å²) >= 11 is 0. The molecule has 0 aliphatic rings. The fourth-order valence-electron chi connectivity index (χ4n) is 3.10. The molecule has 0 spiro atoms. The molecule has 3 aromatic carbocycles. The lowest BCUT2D eigenvalue weighted by Crippen LogP contribution is -2.24. The molecule has 4 aromatic rings. The lowest BCUT2D eigenvalue weighted by molar-refractivity contribution is -0.123. The third kappa shape index (κ3) is 4.15. The molecule has 30 heavy (non-hydrogen) atoms. The molecule has 1 heterocycles. The molecule has 4 rings (SSSR count). The number of hydrogen-bond donors (Lipinski definition) is 2. The molecule has 0 aliphatic carbocycles. The van der Waals surface area contributed by atoms with Gasteiger partial charge in [-0.05, 0) is 47.5 Å². The zero-order valence-corrected chi connectivity index (χ0v) is 16.1. The zero-order valence-electron chi connectivity index (χ0n) is 16.1. The first-order valence-electron chi connectivity index (χ1n) is 9.20. The molecule has 1 amide bonds. The standard InChI is InChI=1S/C23H18N2O5/c1-14-8-23(28)30-21-11-18(6-7-19(14)21)29-13-22(27)25-24-12-17-9-15-4-2-3-5-16(15)10-20(17)26/h2-12,26H,13H2,1H3,(H,25,27)/b24-12+. The molecule has 0 unspecified atom stereocenters. The number of carbonyl (C=O) groups excluding carboxylic acids is 1. The van der Waals surface area contributed by atoms with Crippen LogP contribution < -0.4 is 15.8 Å². The Morgan fingerprint density at radius 1 is 1.13 bits per heavy atom. The number of nitrogens with one attached hydrogen (secondary N) is 1. The van der Waals surface area contributed by atoms with E-state index in [4.69, 9.17) is 9.15 Å². The van der Waals surface area contributed by atoms with Gasteiger partial charge in [-0.1, -0.05) is 24.3 Å². The van der Waals surface area contributed by atoms with E-state index in [0.717, 1.165) is 21.7 Å².